The van der Waals surface area contributed by atoms with E-state index in [2.05, 4.69) is 53.2 Å². The van der Waals surface area contributed by atoms with Crippen LogP contribution in [-0.2, 0) is 13.2 Å². The minimum atomic E-state index is 0.634. The summed E-state index contributed by atoms with van der Waals surface area (Å²) < 4.78 is 4.44. The lowest BCUT2D eigenvalue weighted by Crippen LogP contribution is -2.23. The summed E-state index contributed by atoms with van der Waals surface area (Å²) in [5.41, 5.74) is 4.63. The number of hydrogen-bond acceptors (Lipinski definition) is 4. The van der Waals surface area contributed by atoms with Crippen molar-refractivity contribution < 1.29 is 0 Å². The van der Waals surface area contributed by atoms with E-state index in [1.165, 1.54) is 11.1 Å². The second kappa shape index (κ2) is 6.22. The Morgan fingerprint density at radius 3 is 2.65 bits per heavy atom. The Balaban J connectivity index is 1.87. The summed E-state index contributed by atoms with van der Waals surface area (Å²) in [6, 6.07) is 10.4. The van der Waals surface area contributed by atoms with E-state index in [0.717, 1.165) is 17.9 Å². The lowest BCUT2D eigenvalue weighted by molar-refractivity contribution is 0.244. The van der Waals surface area contributed by atoms with Crippen molar-refractivity contribution in [2.75, 3.05) is 7.05 Å². The first-order valence-electron chi connectivity index (χ1n) is 7.62. The van der Waals surface area contributed by atoms with Crippen molar-refractivity contribution in [3.8, 4) is 0 Å². The average molecular weight is 327 g/mol. The van der Waals surface area contributed by atoms with Crippen molar-refractivity contribution in [3.63, 3.8) is 0 Å². The number of rotatable bonds is 4. The molecule has 0 aliphatic carbocycles. The molecule has 0 radical (unpaired) electrons. The van der Waals surface area contributed by atoms with Crippen molar-refractivity contribution in [1.29, 1.82) is 0 Å². The molecule has 120 valence electrons. The van der Waals surface area contributed by atoms with Crippen LogP contribution in [0.1, 0.15) is 22.5 Å². The number of nitrogens with zero attached hydrogens (tertiary/aromatic N) is 5. The van der Waals surface area contributed by atoms with E-state index in [4.69, 9.17) is 12.2 Å². The van der Waals surface area contributed by atoms with E-state index < -0.39 is 0 Å². The van der Waals surface area contributed by atoms with E-state index in [9.17, 15) is 0 Å². The normalized spacial score (nSPS) is 11.5. The van der Waals surface area contributed by atoms with Gasteiger partial charge in [-0.25, -0.2) is 9.67 Å². The Labute approximate surface area is 141 Å². The van der Waals surface area contributed by atoms with Crippen LogP contribution in [0.4, 0.5) is 0 Å². The number of benzene rings is 1. The third-order valence-electron chi connectivity index (χ3n) is 3.95. The van der Waals surface area contributed by atoms with E-state index >= 15 is 0 Å². The molecule has 2 heterocycles. The minimum Gasteiger partial charge on any atom is -0.283 e. The fraction of sp³-hybridized carbons (Fsp3) is 0.353. The zero-order chi connectivity index (χ0) is 16.6. The first kappa shape index (κ1) is 15.8. The van der Waals surface area contributed by atoms with Gasteiger partial charge in [0.1, 0.15) is 0 Å². The summed E-state index contributed by atoms with van der Waals surface area (Å²) in [6.07, 6.45) is 0. The zero-order valence-electron chi connectivity index (χ0n) is 13.9. The van der Waals surface area contributed by atoms with Crippen molar-refractivity contribution in [2.45, 2.75) is 34.0 Å². The zero-order valence-corrected chi connectivity index (χ0v) is 14.8. The first-order chi connectivity index (χ1) is 11.0. The number of aryl methyl sites for hydroxylation is 3. The highest BCUT2D eigenvalue weighted by atomic mass is 32.1. The van der Waals surface area contributed by atoms with Gasteiger partial charge in [-0.1, -0.05) is 24.3 Å². The van der Waals surface area contributed by atoms with Crippen molar-refractivity contribution in [3.05, 3.63) is 57.6 Å². The van der Waals surface area contributed by atoms with Gasteiger partial charge in [0.05, 0.1) is 6.67 Å². The molecule has 0 bridgehead atoms. The van der Waals surface area contributed by atoms with Gasteiger partial charge in [0.15, 0.2) is 0 Å². The third kappa shape index (κ3) is 3.18. The monoisotopic (exact) mass is 327 g/mol. The van der Waals surface area contributed by atoms with Crippen LogP contribution >= 0.6 is 12.2 Å². The molecule has 6 heteroatoms. The molecule has 5 nitrogen and oxygen atoms in total. The molecule has 3 rings (SSSR count). The van der Waals surface area contributed by atoms with Crippen LogP contribution in [0.3, 0.4) is 0 Å². The molecule has 1 aromatic carbocycles. The lowest BCUT2D eigenvalue weighted by Gasteiger charge is -2.17. The predicted octanol–water partition coefficient (Wildman–Crippen LogP) is 3.28. The van der Waals surface area contributed by atoms with Gasteiger partial charge < -0.3 is 0 Å². The fourth-order valence-electron chi connectivity index (χ4n) is 2.78. The van der Waals surface area contributed by atoms with Crippen molar-refractivity contribution in [2.24, 2.45) is 0 Å². The molecule has 0 amide bonds. The molecule has 0 saturated heterocycles. The third-order valence-corrected chi connectivity index (χ3v) is 4.34. The molecule has 2 aromatic heterocycles. The molecule has 0 aliphatic heterocycles. The average Bonchev–Trinajstić information content (AvgIpc) is 2.77. The number of aromatic nitrogens is 4. The van der Waals surface area contributed by atoms with Crippen molar-refractivity contribution >= 4 is 18.0 Å². The molecule has 0 aliphatic rings. The summed E-state index contributed by atoms with van der Waals surface area (Å²) in [4.78, 5) is 6.67. The Kier molecular flexibility index (Phi) is 4.28. The number of hydrogen-bond donors (Lipinski definition) is 0. The van der Waals surface area contributed by atoms with Crippen LogP contribution in [0.15, 0.2) is 30.3 Å². The van der Waals surface area contributed by atoms with Crippen LogP contribution in [0.2, 0.25) is 0 Å². The van der Waals surface area contributed by atoms with Crippen LogP contribution in [0, 0.1) is 25.5 Å². The molecule has 3 aromatic rings. The molecule has 0 fully saturated rings. The Morgan fingerprint density at radius 2 is 1.91 bits per heavy atom. The lowest BCUT2D eigenvalue weighted by atomic mass is 10.1. The molecular weight excluding hydrogens is 306 g/mol. The number of fused-ring (bicyclic) bond motifs is 1. The first-order valence-corrected chi connectivity index (χ1v) is 8.03. The van der Waals surface area contributed by atoms with Gasteiger partial charge in [-0.05, 0) is 57.2 Å². The van der Waals surface area contributed by atoms with Gasteiger partial charge in [-0.15, -0.1) is 5.10 Å². The predicted molar refractivity (Wildman–Crippen MR) is 93.9 cm³/mol. The molecule has 0 atom stereocenters. The maximum atomic E-state index is 5.56. The van der Waals surface area contributed by atoms with Gasteiger partial charge in [-0.3, -0.25) is 9.30 Å². The van der Waals surface area contributed by atoms with E-state index in [1.807, 2.05) is 29.0 Å². The van der Waals surface area contributed by atoms with Crippen molar-refractivity contribution in [1.82, 2.24) is 24.1 Å². The van der Waals surface area contributed by atoms with Crippen LogP contribution in [0.5, 0.6) is 0 Å². The second-order valence-electron chi connectivity index (χ2n) is 6.04. The quantitative estimate of drug-likeness (QED) is 0.689. The van der Waals surface area contributed by atoms with Crippen LogP contribution < -0.4 is 0 Å². The van der Waals surface area contributed by atoms with E-state index in [1.54, 1.807) is 0 Å². The summed E-state index contributed by atoms with van der Waals surface area (Å²) in [6.45, 7) is 7.62. The molecular formula is C17H21N5S. The summed E-state index contributed by atoms with van der Waals surface area (Å²) in [5.74, 6) is 0.664. The molecule has 0 spiro atoms. The topological polar surface area (TPSA) is 38.4 Å². The summed E-state index contributed by atoms with van der Waals surface area (Å²) >= 11 is 5.56. The summed E-state index contributed by atoms with van der Waals surface area (Å²) in [7, 11) is 2.07. The van der Waals surface area contributed by atoms with Crippen LogP contribution in [-0.4, -0.2) is 31.1 Å². The van der Waals surface area contributed by atoms with Gasteiger partial charge >= 0.3 is 0 Å². The van der Waals surface area contributed by atoms with Gasteiger partial charge in [0.2, 0.25) is 4.77 Å². The maximum absolute atomic E-state index is 5.56. The SMILES string of the molecule is Cc1cc(C)n2c(=S)n(CN(C)Cc3ccccc3C)nc2n1. The highest BCUT2D eigenvalue weighted by Gasteiger charge is 2.10. The van der Waals surface area contributed by atoms with E-state index in [0.29, 0.717) is 17.2 Å². The van der Waals surface area contributed by atoms with Crippen LogP contribution in [0.25, 0.3) is 5.78 Å². The Bertz CT molecular complexity index is 909. The summed E-state index contributed by atoms with van der Waals surface area (Å²) in [5, 5.41) is 4.56. The standard InChI is InChI=1S/C17H21N5S/c1-12-7-5-6-8-15(12)10-20(4)11-21-17(23)22-14(3)9-13(2)18-16(22)19-21/h5-9H,10-11H2,1-4H3. The largest absolute Gasteiger partial charge is 0.283 e. The highest BCUT2D eigenvalue weighted by molar-refractivity contribution is 7.71. The van der Waals surface area contributed by atoms with E-state index in [-0.39, 0.29) is 0 Å². The minimum absolute atomic E-state index is 0.634. The fourth-order valence-corrected chi connectivity index (χ4v) is 3.11. The highest BCUT2D eigenvalue weighted by Crippen LogP contribution is 2.11. The van der Waals surface area contributed by atoms with Gasteiger partial charge in [0.25, 0.3) is 5.78 Å². The molecule has 23 heavy (non-hydrogen) atoms. The Hall–Kier alpha value is -2.05. The maximum Gasteiger partial charge on any atom is 0.254 e. The molecule has 0 saturated carbocycles. The molecule has 0 N–H and O–H groups in total. The smallest absolute Gasteiger partial charge is 0.254 e. The van der Waals surface area contributed by atoms with Gasteiger partial charge in [-0.2, -0.15) is 0 Å². The molecule has 0 unspecified atom stereocenters. The van der Waals surface area contributed by atoms with Gasteiger partial charge in [0, 0.05) is 17.9 Å². The Morgan fingerprint density at radius 1 is 1.17 bits per heavy atom. The second-order valence-corrected chi connectivity index (χ2v) is 6.40.